The fourth-order valence-corrected chi connectivity index (χ4v) is 8.97. The Morgan fingerprint density at radius 1 is 1.00 bits per heavy atom. The van der Waals surface area contributed by atoms with Gasteiger partial charge in [-0.25, -0.2) is 4.79 Å². The molecule has 0 unspecified atom stereocenters. The van der Waals surface area contributed by atoms with Gasteiger partial charge < -0.3 is 25.0 Å². The number of esters is 2. The van der Waals surface area contributed by atoms with Gasteiger partial charge in [0, 0.05) is 37.0 Å². The molecule has 3 N–H and O–H groups in total. The smallest absolute Gasteiger partial charge is 0.328 e. The fourth-order valence-electron chi connectivity index (χ4n) is 8.97. The highest BCUT2D eigenvalue weighted by atomic mass is 16.5. The largest absolute Gasteiger partial charge is 0.508 e. The Hall–Kier alpha value is -3.86. The summed E-state index contributed by atoms with van der Waals surface area (Å²) in [6.45, 7) is 4.97. The molecule has 1 amide bonds. The molecule has 4 aliphatic rings. The lowest BCUT2D eigenvalue weighted by Gasteiger charge is -2.57. The number of carbonyl (C=O) groups is 6. The van der Waals surface area contributed by atoms with Gasteiger partial charge in [-0.15, -0.1) is 0 Å². The van der Waals surface area contributed by atoms with Crippen molar-refractivity contribution in [1.29, 1.82) is 0 Å². The summed E-state index contributed by atoms with van der Waals surface area (Å²) < 4.78 is 10.3. The number of rotatable bonds is 11. The Labute approximate surface area is 274 Å². The zero-order valence-electron chi connectivity index (χ0n) is 27.3. The minimum atomic E-state index is -1.84. The van der Waals surface area contributed by atoms with Crippen LogP contribution in [0.5, 0.6) is 5.75 Å². The van der Waals surface area contributed by atoms with Crippen molar-refractivity contribution in [2.45, 2.75) is 96.6 Å². The van der Waals surface area contributed by atoms with Gasteiger partial charge in [-0.2, -0.15) is 0 Å². The molecule has 0 radical (unpaired) electrons. The summed E-state index contributed by atoms with van der Waals surface area (Å²) >= 11 is 0. The number of aromatic hydroxyl groups is 1. The van der Waals surface area contributed by atoms with E-state index in [2.05, 4.69) is 12.2 Å². The van der Waals surface area contributed by atoms with Crippen molar-refractivity contribution in [1.82, 2.24) is 5.32 Å². The lowest BCUT2D eigenvalue weighted by Crippen LogP contribution is -2.61. The Morgan fingerprint density at radius 2 is 1.72 bits per heavy atom. The van der Waals surface area contributed by atoms with Crippen molar-refractivity contribution < 1.29 is 48.5 Å². The zero-order chi connectivity index (χ0) is 34.1. The highest BCUT2D eigenvalue weighted by molar-refractivity contribution is 5.95. The third-order valence-electron chi connectivity index (χ3n) is 11.5. The molecule has 0 bridgehead atoms. The number of fused-ring (bicyclic) bond motifs is 5. The van der Waals surface area contributed by atoms with Crippen LogP contribution in [-0.2, 0) is 44.7 Å². The van der Waals surface area contributed by atoms with Crippen LogP contribution in [-0.4, -0.2) is 70.3 Å². The molecule has 0 saturated heterocycles. The van der Waals surface area contributed by atoms with Crippen molar-refractivity contribution in [3.63, 3.8) is 0 Å². The molecule has 11 heteroatoms. The summed E-state index contributed by atoms with van der Waals surface area (Å²) in [5.41, 5.74) is -1.50. The standard InChI is InChI=1S/C36H45NO10/c1-4-46-33(44)27(17-21-5-8-23(38)9-6-21)37-30(42)11-12-31(43)47-20-29(41)36(45)16-14-26-25-10-7-22-18-24(39)13-15-34(22,2)32(25)28(40)19-35(26,36)3/h5-6,8-9,18,25-27,32,38,45H,4,7,10-17,19-20H2,1-3H3,(H,37,42)/t25-,26-,27-,32-,34+,35+,36-/m1/s1. The van der Waals surface area contributed by atoms with E-state index in [4.69, 9.17) is 9.47 Å². The second kappa shape index (κ2) is 13.3. The summed E-state index contributed by atoms with van der Waals surface area (Å²) in [6, 6.07) is 5.15. The molecule has 11 nitrogen and oxygen atoms in total. The van der Waals surface area contributed by atoms with E-state index >= 15 is 0 Å². The highest BCUT2D eigenvalue weighted by Crippen LogP contribution is 2.66. The molecule has 1 aromatic rings. The SMILES string of the molecule is CCOC(=O)[C@@H](Cc1ccc(O)cc1)NC(=O)CCC(=O)OCC(=O)[C@]1(O)CC[C@@H]2[C@H]3CCC4=CC(=O)CC[C@]4(C)[C@H]3C(=O)C[C@@]21C. The van der Waals surface area contributed by atoms with Crippen molar-refractivity contribution in [3.8, 4) is 5.75 Å². The normalized spacial score (nSPS) is 31.8. The molecule has 1 aromatic carbocycles. The maximum absolute atomic E-state index is 13.8. The Kier molecular flexibility index (Phi) is 9.78. The van der Waals surface area contributed by atoms with E-state index in [1.807, 2.05) is 0 Å². The number of ether oxygens (including phenoxy) is 2. The van der Waals surface area contributed by atoms with Crippen molar-refractivity contribution in [3.05, 3.63) is 41.5 Å². The van der Waals surface area contributed by atoms with Crippen molar-refractivity contribution >= 4 is 35.2 Å². The lowest BCUT2D eigenvalue weighted by atomic mass is 9.46. The number of benzene rings is 1. The first-order chi connectivity index (χ1) is 22.2. The van der Waals surface area contributed by atoms with E-state index in [0.29, 0.717) is 24.8 Å². The van der Waals surface area contributed by atoms with Gasteiger partial charge >= 0.3 is 11.9 Å². The number of nitrogens with one attached hydrogen (secondary N) is 1. The summed E-state index contributed by atoms with van der Waals surface area (Å²) in [4.78, 5) is 77.1. The van der Waals surface area contributed by atoms with Crippen molar-refractivity contribution in [2.24, 2.45) is 28.6 Å². The van der Waals surface area contributed by atoms with Gasteiger partial charge in [-0.05, 0) is 80.1 Å². The number of hydrogen-bond donors (Lipinski definition) is 3. The van der Waals surface area contributed by atoms with Gasteiger partial charge in [0.1, 0.15) is 23.2 Å². The van der Waals surface area contributed by atoms with Gasteiger partial charge in [0.05, 0.1) is 13.0 Å². The quantitative estimate of drug-likeness (QED) is 0.301. The third-order valence-corrected chi connectivity index (χ3v) is 11.5. The predicted octanol–water partition coefficient (Wildman–Crippen LogP) is 3.32. The Morgan fingerprint density at radius 3 is 2.43 bits per heavy atom. The van der Waals surface area contributed by atoms with E-state index in [-0.39, 0.29) is 79.2 Å². The number of carbonyl (C=O) groups excluding carboxylic acids is 6. The molecule has 254 valence electrons. The predicted molar refractivity (Wildman–Crippen MR) is 168 cm³/mol. The minimum absolute atomic E-state index is 0.00744. The van der Waals surface area contributed by atoms with E-state index in [0.717, 1.165) is 18.4 Å². The number of allylic oxidation sites excluding steroid dienone is 1. The molecule has 3 saturated carbocycles. The van der Waals surface area contributed by atoms with Crippen LogP contribution in [0.3, 0.4) is 0 Å². The topological polar surface area (TPSA) is 173 Å². The number of hydrogen-bond acceptors (Lipinski definition) is 10. The summed E-state index contributed by atoms with van der Waals surface area (Å²) in [5.74, 6) is -2.85. The average Bonchev–Trinajstić information content (AvgIpc) is 3.30. The second-order valence-electron chi connectivity index (χ2n) is 14.1. The zero-order valence-corrected chi connectivity index (χ0v) is 27.3. The van der Waals surface area contributed by atoms with Gasteiger partial charge in [0.2, 0.25) is 11.7 Å². The van der Waals surface area contributed by atoms with Crippen LogP contribution < -0.4 is 5.32 Å². The van der Waals surface area contributed by atoms with E-state index in [9.17, 15) is 39.0 Å². The molecule has 4 aliphatic carbocycles. The molecular weight excluding hydrogens is 606 g/mol. The molecule has 5 rings (SSSR count). The maximum atomic E-state index is 13.8. The van der Waals surface area contributed by atoms with Crippen LogP contribution in [0.2, 0.25) is 0 Å². The number of aliphatic hydroxyl groups is 1. The molecular formula is C36H45NO10. The summed E-state index contributed by atoms with van der Waals surface area (Å²) in [5, 5.41) is 23.9. The van der Waals surface area contributed by atoms with Gasteiger partial charge in [-0.1, -0.05) is 31.6 Å². The highest BCUT2D eigenvalue weighted by Gasteiger charge is 2.68. The second-order valence-corrected chi connectivity index (χ2v) is 14.1. The van der Waals surface area contributed by atoms with E-state index < -0.39 is 47.3 Å². The summed E-state index contributed by atoms with van der Waals surface area (Å²) in [7, 11) is 0. The molecule has 0 aromatic heterocycles. The Balaban J connectivity index is 1.16. The number of phenolic OH excluding ortho intramolecular Hbond substituents is 1. The minimum Gasteiger partial charge on any atom is -0.508 e. The number of phenols is 1. The fraction of sp³-hybridized carbons (Fsp3) is 0.611. The number of Topliss-reactive ketones (excluding diaryl/α,β-unsaturated/α-hetero) is 2. The monoisotopic (exact) mass is 651 g/mol. The molecule has 47 heavy (non-hydrogen) atoms. The number of amides is 1. The molecule has 0 spiro atoms. The molecule has 0 aliphatic heterocycles. The van der Waals surface area contributed by atoms with Gasteiger partial charge in [0.15, 0.2) is 12.4 Å². The van der Waals surface area contributed by atoms with Gasteiger partial charge in [0.25, 0.3) is 0 Å². The van der Waals surface area contributed by atoms with Crippen LogP contribution in [0, 0.1) is 28.6 Å². The van der Waals surface area contributed by atoms with Crippen LogP contribution >= 0.6 is 0 Å². The summed E-state index contributed by atoms with van der Waals surface area (Å²) in [6.07, 6.45) is 4.44. The van der Waals surface area contributed by atoms with Crippen LogP contribution in [0.25, 0.3) is 0 Å². The Bertz CT molecular complexity index is 1480. The molecule has 7 atom stereocenters. The van der Waals surface area contributed by atoms with Crippen LogP contribution in [0.4, 0.5) is 0 Å². The third kappa shape index (κ3) is 6.51. The van der Waals surface area contributed by atoms with Gasteiger partial charge in [-0.3, -0.25) is 24.0 Å². The van der Waals surface area contributed by atoms with E-state index in [1.54, 1.807) is 32.1 Å². The van der Waals surface area contributed by atoms with E-state index in [1.165, 1.54) is 12.1 Å². The first kappa shape index (κ1) is 34.5. The first-order valence-electron chi connectivity index (χ1n) is 16.6. The lowest BCUT2D eigenvalue weighted by molar-refractivity contribution is -0.173. The molecule has 3 fully saturated rings. The maximum Gasteiger partial charge on any atom is 0.328 e. The molecule has 0 heterocycles. The van der Waals surface area contributed by atoms with Crippen molar-refractivity contribution in [2.75, 3.05) is 13.2 Å². The average molecular weight is 652 g/mol. The van der Waals surface area contributed by atoms with Crippen LogP contribution in [0.1, 0.15) is 84.1 Å². The van der Waals surface area contributed by atoms with Crippen LogP contribution in [0.15, 0.2) is 35.9 Å². The first-order valence-corrected chi connectivity index (χ1v) is 16.6. The number of ketones is 3.